The van der Waals surface area contributed by atoms with Crippen LogP contribution < -0.4 is 16.0 Å². The number of nitrogens with one attached hydrogen (secondary N) is 3. The first-order valence-electron chi connectivity index (χ1n) is 9.02. The van der Waals surface area contributed by atoms with Crippen LogP contribution in [0.5, 0.6) is 0 Å². The molecule has 0 radical (unpaired) electrons. The molecule has 0 spiro atoms. The molecule has 1 aliphatic heterocycles. The third-order valence-corrected chi connectivity index (χ3v) is 4.47. The average molecular weight is 360 g/mol. The molecule has 0 bridgehead atoms. The van der Waals surface area contributed by atoms with E-state index in [1.54, 1.807) is 25.5 Å². The number of anilines is 1. The zero-order valence-electron chi connectivity index (χ0n) is 15.5. The van der Waals surface area contributed by atoms with Gasteiger partial charge in [0.1, 0.15) is 11.5 Å². The van der Waals surface area contributed by atoms with Crippen molar-refractivity contribution in [1.82, 2.24) is 25.6 Å². The zero-order chi connectivity index (χ0) is 19.1. The van der Waals surface area contributed by atoms with Gasteiger partial charge in [-0.15, -0.1) is 6.42 Å². The van der Waals surface area contributed by atoms with Gasteiger partial charge in [-0.05, 0) is 43.6 Å². The lowest BCUT2D eigenvalue weighted by atomic mass is 10.1. The van der Waals surface area contributed by atoms with E-state index < -0.39 is 0 Å². The molecule has 1 saturated heterocycles. The van der Waals surface area contributed by atoms with Gasteiger partial charge in [-0.1, -0.05) is 24.6 Å². The Kier molecular flexibility index (Phi) is 6.18. The first-order chi connectivity index (χ1) is 13.2. The topological polar surface area (TPSA) is 74.8 Å². The van der Waals surface area contributed by atoms with Gasteiger partial charge in [0.05, 0.1) is 29.5 Å². The number of terminal acetylenes is 1. The number of allylic oxidation sites excluding steroid dienone is 1. The summed E-state index contributed by atoms with van der Waals surface area (Å²) in [5, 5.41) is 9.81. The molecule has 3 heterocycles. The number of nitrogens with zero attached hydrogens (tertiary/aromatic N) is 3. The van der Waals surface area contributed by atoms with E-state index in [0.717, 1.165) is 48.7 Å². The van der Waals surface area contributed by atoms with Crippen LogP contribution in [-0.2, 0) is 0 Å². The molecular weight excluding hydrogens is 336 g/mol. The summed E-state index contributed by atoms with van der Waals surface area (Å²) < 4.78 is 0. The zero-order valence-corrected chi connectivity index (χ0v) is 15.5. The summed E-state index contributed by atoms with van der Waals surface area (Å²) in [5.74, 6) is 3.37. The van der Waals surface area contributed by atoms with Crippen molar-refractivity contribution < 1.29 is 0 Å². The quantitative estimate of drug-likeness (QED) is 0.688. The van der Waals surface area contributed by atoms with Crippen LogP contribution in [0, 0.1) is 12.3 Å². The summed E-state index contributed by atoms with van der Waals surface area (Å²) in [5.41, 5.74) is 3.74. The van der Waals surface area contributed by atoms with Crippen molar-refractivity contribution in [3.8, 4) is 23.7 Å². The summed E-state index contributed by atoms with van der Waals surface area (Å²) in [6.07, 6.45) is 14.7. The molecule has 0 atom stereocenters. The van der Waals surface area contributed by atoms with Crippen LogP contribution >= 0.6 is 0 Å². The number of aromatic nitrogens is 3. The molecule has 2 aromatic rings. The molecule has 0 unspecified atom stereocenters. The minimum Gasteiger partial charge on any atom is -0.381 e. The Balaban J connectivity index is 1.89. The van der Waals surface area contributed by atoms with E-state index in [1.807, 2.05) is 18.2 Å². The third-order valence-electron chi connectivity index (χ3n) is 4.47. The lowest BCUT2D eigenvalue weighted by molar-refractivity contribution is 0.478. The van der Waals surface area contributed by atoms with Gasteiger partial charge in [-0.3, -0.25) is 4.98 Å². The van der Waals surface area contributed by atoms with E-state index in [2.05, 4.69) is 33.4 Å². The van der Waals surface area contributed by atoms with E-state index in [9.17, 15) is 0 Å². The van der Waals surface area contributed by atoms with Crippen LogP contribution in [0.2, 0.25) is 0 Å². The standard InChI is InChI=1S/C21H24N6/c1-4-15-6-7-18(26-19(15)12-16(5-2)22-3)20-13-24-14-21(27-20)25-17-8-10-23-11-9-17/h2,4,6-7,12-14,17,22-23H,1,8-11H2,3H3,(H,25,27)/b16-12+. The van der Waals surface area contributed by atoms with E-state index in [1.165, 1.54) is 0 Å². The second kappa shape index (κ2) is 8.97. The molecule has 1 aliphatic rings. The lowest BCUT2D eigenvalue weighted by Gasteiger charge is -2.24. The Hall–Kier alpha value is -3.17. The Morgan fingerprint density at radius 3 is 2.78 bits per heavy atom. The number of piperidine rings is 1. The molecule has 0 saturated carbocycles. The predicted molar refractivity (Wildman–Crippen MR) is 111 cm³/mol. The van der Waals surface area contributed by atoms with Gasteiger partial charge in [0.15, 0.2) is 0 Å². The highest BCUT2D eigenvalue weighted by atomic mass is 15.1. The number of hydrogen-bond acceptors (Lipinski definition) is 6. The van der Waals surface area contributed by atoms with Crippen molar-refractivity contribution in [1.29, 1.82) is 0 Å². The second-order valence-electron chi connectivity index (χ2n) is 6.29. The van der Waals surface area contributed by atoms with E-state index in [4.69, 9.17) is 16.4 Å². The fourth-order valence-corrected chi connectivity index (χ4v) is 2.97. The smallest absolute Gasteiger partial charge is 0.145 e. The van der Waals surface area contributed by atoms with Crippen LogP contribution in [0.3, 0.4) is 0 Å². The number of pyridine rings is 1. The fraction of sp³-hybridized carbons (Fsp3) is 0.286. The highest BCUT2D eigenvalue weighted by Crippen LogP contribution is 2.21. The maximum absolute atomic E-state index is 5.51. The van der Waals surface area contributed by atoms with Crippen molar-refractivity contribution in [2.45, 2.75) is 18.9 Å². The highest BCUT2D eigenvalue weighted by Gasteiger charge is 2.14. The molecule has 6 heteroatoms. The summed E-state index contributed by atoms with van der Waals surface area (Å²) in [6, 6.07) is 4.29. The fourth-order valence-electron chi connectivity index (χ4n) is 2.97. The molecule has 0 aromatic carbocycles. The molecule has 2 aromatic heterocycles. The summed E-state index contributed by atoms with van der Waals surface area (Å²) >= 11 is 0. The van der Waals surface area contributed by atoms with Gasteiger partial charge in [-0.25, -0.2) is 9.97 Å². The molecule has 3 rings (SSSR count). The normalized spacial score (nSPS) is 15.0. The molecule has 0 amide bonds. The van der Waals surface area contributed by atoms with Gasteiger partial charge in [0, 0.05) is 13.1 Å². The van der Waals surface area contributed by atoms with Crippen LogP contribution in [-0.4, -0.2) is 41.1 Å². The lowest BCUT2D eigenvalue weighted by Crippen LogP contribution is -2.35. The number of rotatable bonds is 6. The van der Waals surface area contributed by atoms with Gasteiger partial charge in [-0.2, -0.15) is 0 Å². The highest BCUT2D eigenvalue weighted by molar-refractivity contribution is 5.68. The van der Waals surface area contributed by atoms with Gasteiger partial charge < -0.3 is 16.0 Å². The minimum atomic E-state index is 0.416. The van der Waals surface area contributed by atoms with Crippen molar-refractivity contribution in [3.63, 3.8) is 0 Å². The van der Waals surface area contributed by atoms with Crippen molar-refractivity contribution >= 4 is 18.0 Å². The van der Waals surface area contributed by atoms with Crippen LogP contribution in [0.15, 0.2) is 36.8 Å². The van der Waals surface area contributed by atoms with Gasteiger partial charge in [0.2, 0.25) is 0 Å². The van der Waals surface area contributed by atoms with E-state index >= 15 is 0 Å². The molecule has 6 nitrogen and oxygen atoms in total. The third kappa shape index (κ3) is 4.72. The molecule has 27 heavy (non-hydrogen) atoms. The summed E-state index contributed by atoms with van der Waals surface area (Å²) in [4.78, 5) is 13.7. The predicted octanol–water partition coefficient (Wildman–Crippen LogP) is 2.54. The van der Waals surface area contributed by atoms with E-state index in [0.29, 0.717) is 17.4 Å². The van der Waals surface area contributed by atoms with Crippen molar-refractivity contribution in [2.24, 2.45) is 0 Å². The maximum Gasteiger partial charge on any atom is 0.145 e. The van der Waals surface area contributed by atoms with Crippen LogP contribution in [0.1, 0.15) is 24.1 Å². The molecule has 1 fully saturated rings. The van der Waals surface area contributed by atoms with Crippen LogP contribution in [0.4, 0.5) is 5.82 Å². The first-order valence-corrected chi connectivity index (χ1v) is 9.02. The minimum absolute atomic E-state index is 0.416. The SMILES string of the molecule is C#C/C(=C\c1nc(-c2cncc(NC3CCNCC3)n2)ccc1C=C)NC. The van der Waals surface area contributed by atoms with E-state index in [-0.39, 0.29) is 0 Å². The van der Waals surface area contributed by atoms with Crippen molar-refractivity contribution in [3.05, 3.63) is 48.1 Å². The van der Waals surface area contributed by atoms with Gasteiger partial charge >= 0.3 is 0 Å². The Morgan fingerprint density at radius 2 is 2.07 bits per heavy atom. The molecular formula is C21H24N6. The largest absolute Gasteiger partial charge is 0.381 e. The van der Waals surface area contributed by atoms with Gasteiger partial charge in [0.25, 0.3) is 0 Å². The molecule has 138 valence electrons. The van der Waals surface area contributed by atoms with Crippen LogP contribution in [0.25, 0.3) is 23.5 Å². The molecule has 3 N–H and O–H groups in total. The number of hydrogen-bond donors (Lipinski definition) is 3. The Labute approximate surface area is 160 Å². The Morgan fingerprint density at radius 1 is 1.26 bits per heavy atom. The average Bonchev–Trinajstić information content (AvgIpc) is 2.72. The summed E-state index contributed by atoms with van der Waals surface area (Å²) in [6.45, 7) is 5.89. The Bertz CT molecular complexity index is 874. The maximum atomic E-state index is 5.51. The second-order valence-corrected chi connectivity index (χ2v) is 6.29. The first kappa shape index (κ1) is 18.6. The summed E-state index contributed by atoms with van der Waals surface area (Å²) in [7, 11) is 1.78. The monoisotopic (exact) mass is 360 g/mol. The van der Waals surface area contributed by atoms with Crippen molar-refractivity contribution in [2.75, 3.05) is 25.5 Å². The molecule has 0 aliphatic carbocycles.